The second-order valence-corrected chi connectivity index (χ2v) is 4.28. The monoisotopic (exact) mass is 258 g/mol. The van der Waals surface area contributed by atoms with Gasteiger partial charge >= 0.3 is 6.18 Å². The summed E-state index contributed by atoms with van der Waals surface area (Å²) in [5, 5.41) is -0.108. The summed E-state index contributed by atoms with van der Waals surface area (Å²) in [5.74, 6) is 5.17. The zero-order chi connectivity index (χ0) is 12.9. The molecule has 1 aromatic carbocycles. The molecule has 0 heterocycles. The van der Waals surface area contributed by atoms with Crippen molar-refractivity contribution >= 4 is 16.9 Å². The topological polar surface area (TPSA) is 17.1 Å². The van der Waals surface area contributed by atoms with Crippen molar-refractivity contribution in [2.24, 2.45) is 0 Å². The highest BCUT2D eigenvalue weighted by atomic mass is 32.2. The first-order valence-corrected chi connectivity index (χ1v) is 5.68. The van der Waals surface area contributed by atoms with Crippen LogP contribution in [0.3, 0.4) is 0 Å². The highest BCUT2D eigenvalue weighted by molar-refractivity contribution is 8.13. The van der Waals surface area contributed by atoms with E-state index in [1.165, 1.54) is 25.1 Å². The van der Waals surface area contributed by atoms with Gasteiger partial charge in [0.2, 0.25) is 0 Å². The smallest absolute Gasteiger partial charge is 0.288 e. The molecule has 1 aromatic rings. The molecule has 0 N–H and O–H groups in total. The maximum atomic E-state index is 12.6. The summed E-state index contributed by atoms with van der Waals surface area (Å²) >= 11 is 0.970. The number of halogens is 3. The molecule has 1 nitrogen and oxygen atoms in total. The van der Waals surface area contributed by atoms with E-state index in [9.17, 15) is 18.0 Å². The zero-order valence-electron chi connectivity index (χ0n) is 8.97. The Hall–Kier alpha value is -1.41. The van der Waals surface area contributed by atoms with Gasteiger partial charge in [-0.15, -0.1) is 0 Å². The summed E-state index contributed by atoms with van der Waals surface area (Å²) in [5.41, 5.74) is -0.815. The fourth-order valence-corrected chi connectivity index (χ4v) is 1.46. The van der Waals surface area contributed by atoms with E-state index in [1.54, 1.807) is 0 Å². The van der Waals surface area contributed by atoms with E-state index in [0.717, 1.165) is 17.8 Å². The Balaban J connectivity index is 2.88. The molecule has 0 atom stereocenters. The lowest BCUT2D eigenvalue weighted by atomic mass is 10.1. The molecule has 0 radical (unpaired) electrons. The zero-order valence-corrected chi connectivity index (χ0v) is 9.78. The highest BCUT2D eigenvalue weighted by Crippen LogP contribution is 2.31. The van der Waals surface area contributed by atoms with Gasteiger partial charge in [-0.25, -0.2) is 0 Å². The van der Waals surface area contributed by atoms with E-state index < -0.39 is 11.7 Å². The standard InChI is InChI=1S/C12H9F3OS/c1-9(16)17-8-4-6-10-5-2-3-7-11(10)12(13,14)15/h2-3,5,7H,8H2,1H3. The predicted molar refractivity (Wildman–Crippen MR) is 61.5 cm³/mol. The van der Waals surface area contributed by atoms with E-state index in [-0.39, 0.29) is 16.4 Å². The highest BCUT2D eigenvalue weighted by Gasteiger charge is 2.32. The predicted octanol–water partition coefficient (Wildman–Crippen LogP) is 3.34. The van der Waals surface area contributed by atoms with Crippen LogP contribution in [0, 0.1) is 11.8 Å². The van der Waals surface area contributed by atoms with Crippen molar-refractivity contribution in [1.29, 1.82) is 0 Å². The third-order valence-corrected chi connectivity index (χ3v) is 2.50. The normalized spacial score (nSPS) is 10.6. The van der Waals surface area contributed by atoms with Crippen molar-refractivity contribution in [1.82, 2.24) is 0 Å². The molecule has 0 amide bonds. The first kappa shape index (κ1) is 13.7. The van der Waals surface area contributed by atoms with Gasteiger partial charge in [0.05, 0.1) is 11.3 Å². The average molecular weight is 258 g/mol. The largest absolute Gasteiger partial charge is 0.417 e. The molecule has 1 rings (SSSR count). The molecule has 0 aliphatic rings. The number of thioether (sulfide) groups is 1. The van der Waals surface area contributed by atoms with E-state index in [4.69, 9.17) is 0 Å². The molecule has 17 heavy (non-hydrogen) atoms. The van der Waals surface area contributed by atoms with Crippen LogP contribution in [0.5, 0.6) is 0 Å². The molecule has 5 heteroatoms. The summed E-state index contributed by atoms with van der Waals surface area (Å²) < 4.78 is 37.7. The number of hydrogen-bond acceptors (Lipinski definition) is 2. The molecule has 0 fully saturated rings. The minimum absolute atomic E-state index is 0.0656. The van der Waals surface area contributed by atoms with Gasteiger partial charge in [-0.3, -0.25) is 4.79 Å². The fourth-order valence-electron chi connectivity index (χ4n) is 1.11. The summed E-state index contributed by atoms with van der Waals surface area (Å²) in [4.78, 5) is 10.6. The van der Waals surface area contributed by atoms with Gasteiger partial charge in [0, 0.05) is 12.5 Å². The maximum absolute atomic E-state index is 12.6. The van der Waals surface area contributed by atoms with Crippen LogP contribution in [0.15, 0.2) is 24.3 Å². The van der Waals surface area contributed by atoms with E-state index in [0.29, 0.717) is 0 Å². The minimum atomic E-state index is -4.40. The maximum Gasteiger partial charge on any atom is 0.417 e. The van der Waals surface area contributed by atoms with Crippen molar-refractivity contribution in [3.8, 4) is 11.8 Å². The van der Waals surface area contributed by atoms with Crippen molar-refractivity contribution in [3.63, 3.8) is 0 Å². The Morgan fingerprint density at radius 1 is 1.35 bits per heavy atom. The van der Waals surface area contributed by atoms with Crippen molar-refractivity contribution in [3.05, 3.63) is 35.4 Å². The van der Waals surface area contributed by atoms with Crippen molar-refractivity contribution in [2.75, 3.05) is 5.75 Å². The molecular formula is C12H9F3OS. The lowest BCUT2D eigenvalue weighted by Crippen LogP contribution is -2.07. The van der Waals surface area contributed by atoms with E-state index >= 15 is 0 Å². The average Bonchev–Trinajstić information content (AvgIpc) is 2.23. The minimum Gasteiger partial charge on any atom is -0.288 e. The lowest BCUT2D eigenvalue weighted by molar-refractivity contribution is -0.137. The van der Waals surface area contributed by atoms with Gasteiger partial charge in [0.15, 0.2) is 5.12 Å². The van der Waals surface area contributed by atoms with Gasteiger partial charge in [-0.2, -0.15) is 13.2 Å². The van der Waals surface area contributed by atoms with Gasteiger partial charge < -0.3 is 0 Å². The Bertz CT molecular complexity index is 469. The molecule has 0 saturated heterocycles. The molecule has 0 bridgehead atoms. The van der Waals surface area contributed by atoms with Gasteiger partial charge in [0.25, 0.3) is 0 Å². The van der Waals surface area contributed by atoms with Crippen LogP contribution in [-0.2, 0) is 11.0 Å². The summed E-state index contributed by atoms with van der Waals surface area (Å²) in [7, 11) is 0. The Morgan fingerprint density at radius 2 is 2.00 bits per heavy atom. The molecule has 0 saturated carbocycles. The van der Waals surface area contributed by atoms with Crippen LogP contribution in [0.1, 0.15) is 18.1 Å². The summed E-state index contributed by atoms with van der Waals surface area (Å²) in [6, 6.07) is 5.12. The molecule has 0 unspecified atom stereocenters. The summed E-state index contributed by atoms with van der Waals surface area (Å²) in [6.07, 6.45) is -4.40. The van der Waals surface area contributed by atoms with Crippen LogP contribution in [0.4, 0.5) is 13.2 Å². The van der Waals surface area contributed by atoms with Crippen LogP contribution in [-0.4, -0.2) is 10.9 Å². The molecule has 90 valence electrons. The third kappa shape index (κ3) is 4.53. The second kappa shape index (κ2) is 5.78. The second-order valence-electron chi connectivity index (χ2n) is 3.13. The number of alkyl halides is 3. The number of hydrogen-bond donors (Lipinski definition) is 0. The number of carbonyl (C=O) groups is 1. The van der Waals surface area contributed by atoms with Gasteiger partial charge in [0.1, 0.15) is 0 Å². The SMILES string of the molecule is CC(=O)SCC#Cc1ccccc1C(F)(F)F. The molecule has 0 spiro atoms. The molecule has 0 aliphatic heterocycles. The number of carbonyl (C=O) groups excluding carboxylic acids is 1. The van der Waals surface area contributed by atoms with Crippen LogP contribution in [0.25, 0.3) is 0 Å². The first-order chi connectivity index (χ1) is 7.91. The summed E-state index contributed by atoms with van der Waals surface area (Å²) in [6.45, 7) is 1.38. The van der Waals surface area contributed by atoms with Crippen molar-refractivity contribution in [2.45, 2.75) is 13.1 Å². The first-order valence-electron chi connectivity index (χ1n) is 4.69. The fraction of sp³-hybridized carbons (Fsp3) is 0.250. The molecular weight excluding hydrogens is 249 g/mol. The molecule has 0 aromatic heterocycles. The van der Waals surface area contributed by atoms with Gasteiger partial charge in [-0.1, -0.05) is 35.7 Å². The lowest BCUT2D eigenvalue weighted by Gasteiger charge is -2.07. The van der Waals surface area contributed by atoms with E-state index in [2.05, 4.69) is 11.8 Å². The quantitative estimate of drug-likeness (QED) is 0.719. The molecule has 0 aliphatic carbocycles. The number of rotatable bonds is 1. The van der Waals surface area contributed by atoms with E-state index in [1.807, 2.05) is 0 Å². The van der Waals surface area contributed by atoms with Crippen LogP contribution < -0.4 is 0 Å². The Kier molecular flexibility index (Phi) is 4.64. The van der Waals surface area contributed by atoms with Crippen LogP contribution >= 0.6 is 11.8 Å². The van der Waals surface area contributed by atoms with Crippen molar-refractivity contribution < 1.29 is 18.0 Å². The number of benzene rings is 1. The third-order valence-electron chi connectivity index (χ3n) is 1.80. The van der Waals surface area contributed by atoms with Crippen LogP contribution in [0.2, 0.25) is 0 Å². The Labute approximate surface area is 101 Å². The van der Waals surface area contributed by atoms with Gasteiger partial charge in [-0.05, 0) is 12.1 Å². The Morgan fingerprint density at radius 3 is 2.59 bits per heavy atom.